The quantitative estimate of drug-likeness (QED) is 0.327. The van der Waals surface area contributed by atoms with Gasteiger partial charge in [0, 0.05) is 11.3 Å². The Hall–Kier alpha value is -2.87. The van der Waals surface area contributed by atoms with Gasteiger partial charge in [-0.3, -0.25) is 0 Å². The van der Waals surface area contributed by atoms with Crippen LogP contribution in [-0.2, 0) is 12.8 Å². The number of aryl methyl sites for hydroxylation is 2. The average molecular weight is 386 g/mol. The molecule has 0 fully saturated rings. The van der Waals surface area contributed by atoms with Crippen molar-refractivity contribution in [2.24, 2.45) is 0 Å². The highest BCUT2D eigenvalue weighted by atomic mass is 19.4. The van der Waals surface area contributed by atoms with E-state index in [1.807, 2.05) is 6.07 Å². The van der Waals surface area contributed by atoms with E-state index in [-0.39, 0.29) is 10.8 Å². The van der Waals surface area contributed by atoms with Crippen LogP contribution in [0.25, 0.3) is 21.9 Å². The number of fused-ring (bicyclic) bond motifs is 2. The molecule has 0 radical (unpaired) electrons. The van der Waals surface area contributed by atoms with Gasteiger partial charge in [-0.1, -0.05) is 36.3 Å². The van der Waals surface area contributed by atoms with Crippen LogP contribution in [0.5, 0.6) is 0 Å². The maximum absolute atomic E-state index is 14.6. The number of hydrogen-bond donors (Lipinski definition) is 0. The molecule has 0 atom stereocenters. The van der Waals surface area contributed by atoms with Gasteiger partial charge in [-0.15, -0.1) is 0 Å². The van der Waals surface area contributed by atoms with Crippen LogP contribution in [0.3, 0.4) is 0 Å². The second kappa shape index (κ2) is 6.94. The summed E-state index contributed by atoms with van der Waals surface area (Å²) < 4.78 is 65.5. The van der Waals surface area contributed by atoms with Crippen LogP contribution in [0.2, 0.25) is 0 Å². The van der Waals surface area contributed by atoms with E-state index in [4.69, 9.17) is 0 Å². The minimum absolute atomic E-state index is 0.0367. The van der Waals surface area contributed by atoms with E-state index in [0.29, 0.717) is 0 Å². The first-order chi connectivity index (χ1) is 13.3. The smallest absolute Gasteiger partial charge is 0.205 e. The van der Waals surface area contributed by atoms with Crippen molar-refractivity contribution < 1.29 is 22.0 Å². The zero-order chi connectivity index (χ0) is 19.9. The molecule has 0 aromatic heterocycles. The SMILES string of the molecule is Fc1cc2cc(-c3ccc4c(c3)CCCC4)ccc2c(F)c1C#CC(F)(F)F. The molecule has 0 heterocycles. The molecule has 28 heavy (non-hydrogen) atoms. The van der Waals surface area contributed by atoms with Gasteiger partial charge in [0.2, 0.25) is 0 Å². The molecule has 5 heteroatoms. The van der Waals surface area contributed by atoms with Gasteiger partial charge in [0.15, 0.2) is 0 Å². The maximum Gasteiger partial charge on any atom is 0.458 e. The lowest BCUT2D eigenvalue weighted by Crippen LogP contribution is -2.03. The van der Waals surface area contributed by atoms with E-state index in [9.17, 15) is 22.0 Å². The third kappa shape index (κ3) is 3.60. The third-order valence-corrected chi connectivity index (χ3v) is 5.04. The van der Waals surface area contributed by atoms with Gasteiger partial charge in [0.05, 0.1) is 5.56 Å². The van der Waals surface area contributed by atoms with Crippen LogP contribution in [0, 0.1) is 23.5 Å². The summed E-state index contributed by atoms with van der Waals surface area (Å²) in [5, 5.41) is 0.317. The fourth-order valence-electron chi connectivity index (χ4n) is 3.67. The molecule has 0 amide bonds. The van der Waals surface area contributed by atoms with E-state index in [1.54, 1.807) is 18.1 Å². The molecule has 0 nitrogen and oxygen atoms in total. The fraction of sp³-hybridized carbons (Fsp3) is 0.217. The first-order valence-corrected chi connectivity index (χ1v) is 8.96. The monoisotopic (exact) mass is 386 g/mol. The largest absolute Gasteiger partial charge is 0.458 e. The van der Waals surface area contributed by atoms with Crippen LogP contribution < -0.4 is 0 Å². The van der Waals surface area contributed by atoms with Crippen LogP contribution in [-0.4, -0.2) is 6.18 Å². The zero-order valence-electron chi connectivity index (χ0n) is 14.8. The second-order valence-corrected chi connectivity index (χ2v) is 6.92. The summed E-state index contributed by atoms with van der Waals surface area (Å²) in [6.45, 7) is 0. The van der Waals surface area contributed by atoms with E-state index in [0.717, 1.165) is 42.4 Å². The minimum Gasteiger partial charge on any atom is -0.205 e. The molecule has 0 aliphatic heterocycles. The van der Waals surface area contributed by atoms with Gasteiger partial charge < -0.3 is 0 Å². The normalized spacial score (nSPS) is 13.8. The molecule has 0 N–H and O–H groups in total. The number of halogens is 5. The molecule has 0 saturated carbocycles. The van der Waals surface area contributed by atoms with E-state index in [2.05, 4.69) is 12.1 Å². The highest BCUT2D eigenvalue weighted by molar-refractivity contribution is 5.89. The van der Waals surface area contributed by atoms with Crippen molar-refractivity contribution in [1.82, 2.24) is 0 Å². The van der Waals surface area contributed by atoms with Gasteiger partial charge >= 0.3 is 6.18 Å². The minimum atomic E-state index is -4.82. The predicted octanol–water partition coefficient (Wildman–Crippen LogP) is 6.58. The summed E-state index contributed by atoms with van der Waals surface area (Å²) >= 11 is 0. The number of alkyl halides is 3. The van der Waals surface area contributed by atoms with E-state index in [1.165, 1.54) is 23.6 Å². The van der Waals surface area contributed by atoms with Crippen LogP contribution in [0.1, 0.15) is 29.5 Å². The summed E-state index contributed by atoms with van der Waals surface area (Å²) in [6.07, 6.45) is -0.413. The first-order valence-electron chi connectivity index (χ1n) is 8.96. The van der Waals surface area contributed by atoms with E-state index >= 15 is 0 Å². The molecule has 0 unspecified atom stereocenters. The summed E-state index contributed by atoms with van der Waals surface area (Å²) in [5.74, 6) is 0.303. The molecule has 0 saturated heterocycles. The maximum atomic E-state index is 14.6. The van der Waals surface area contributed by atoms with Crippen molar-refractivity contribution in [1.29, 1.82) is 0 Å². The summed E-state index contributed by atoms with van der Waals surface area (Å²) in [4.78, 5) is 0. The van der Waals surface area contributed by atoms with Gasteiger partial charge in [0.25, 0.3) is 0 Å². The number of rotatable bonds is 1. The second-order valence-electron chi connectivity index (χ2n) is 6.92. The lowest BCUT2D eigenvalue weighted by molar-refractivity contribution is -0.0696. The lowest BCUT2D eigenvalue weighted by Gasteiger charge is -2.17. The molecule has 3 aromatic rings. The van der Waals surface area contributed by atoms with Crippen molar-refractivity contribution in [3.05, 3.63) is 70.8 Å². The Labute approximate surface area is 159 Å². The van der Waals surface area contributed by atoms with Crippen molar-refractivity contribution in [2.45, 2.75) is 31.9 Å². The standard InChI is InChI=1S/C23H15F5/c24-21-13-18-12-17(16-6-5-14-3-1-2-4-15(14)11-16)7-8-19(18)22(25)20(21)9-10-23(26,27)28/h5-8,11-13H,1-4H2. The van der Waals surface area contributed by atoms with Crippen LogP contribution in [0.15, 0.2) is 42.5 Å². The molecule has 142 valence electrons. The van der Waals surface area contributed by atoms with Gasteiger partial charge in [-0.25, -0.2) is 8.78 Å². The first kappa shape index (κ1) is 18.5. The lowest BCUT2D eigenvalue weighted by atomic mass is 9.89. The molecular weight excluding hydrogens is 371 g/mol. The Morgan fingerprint density at radius 3 is 2.21 bits per heavy atom. The highest BCUT2D eigenvalue weighted by Gasteiger charge is 2.24. The zero-order valence-corrected chi connectivity index (χ0v) is 14.8. The topological polar surface area (TPSA) is 0 Å². The Balaban J connectivity index is 1.79. The summed E-state index contributed by atoms with van der Waals surface area (Å²) in [6, 6.07) is 12.0. The van der Waals surface area contributed by atoms with Gasteiger partial charge in [0.1, 0.15) is 11.6 Å². The Kier molecular flexibility index (Phi) is 4.58. The van der Waals surface area contributed by atoms with Crippen molar-refractivity contribution >= 4 is 10.8 Å². The fourth-order valence-corrected chi connectivity index (χ4v) is 3.67. The molecule has 0 spiro atoms. The molecule has 1 aliphatic rings. The van der Waals surface area contributed by atoms with Crippen molar-refractivity contribution in [2.75, 3.05) is 0 Å². The highest BCUT2D eigenvalue weighted by Crippen LogP contribution is 2.31. The number of benzene rings is 3. The average Bonchev–Trinajstić information content (AvgIpc) is 2.66. The molecule has 0 bridgehead atoms. The number of hydrogen-bond acceptors (Lipinski definition) is 0. The summed E-state index contributed by atoms with van der Waals surface area (Å²) in [7, 11) is 0. The van der Waals surface area contributed by atoms with Gasteiger partial charge in [-0.05, 0) is 65.5 Å². The van der Waals surface area contributed by atoms with Crippen molar-refractivity contribution in [3.63, 3.8) is 0 Å². The Morgan fingerprint density at radius 1 is 0.786 bits per heavy atom. The van der Waals surface area contributed by atoms with Crippen LogP contribution in [0.4, 0.5) is 22.0 Å². The molecule has 1 aliphatic carbocycles. The van der Waals surface area contributed by atoms with Gasteiger partial charge in [-0.2, -0.15) is 13.2 Å². The third-order valence-electron chi connectivity index (χ3n) is 5.04. The Bertz CT molecular complexity index is 1130. The predicted molar refractivity (Wildman–Crippen MR) is 98.9 cm³/mol. The van der Waals surface area contributed by atoms with Crippen LogP contribution >= 0.6 is 0 Å². The molecular formula is C23H15F5. The molecule has 4 rings (SSSR count). The van der Waals surface area contributed by atoms with Crippen molar-refractivity contribution in [3.8, 4) is 23.0 Å². The summed E-state index contributed by atoms with van der Waals surface area (Å²) in [5.41, 5.74) is 3.50. The molecule has 3 aromatic carbocycles. The van der Waals surface area contributed by atoms with E-state index < -0.39 is 23.4 Å². The Morgan fingerprint density at radius 2 is 1.46 bits per heavy atom.